The van der Waals surface area contributed by atoms with Crippen LogP contribution in [-0.2, 0) is 6.54 Å². The van der Waals surface area contributed by atoms with Crippen molar-refractivity contribution < 1.29 is 13.9 Å². The zero-order valence-electron chi connectivity index (χ0n) is 13.9. The fourth-order valence-corrected chi connectivity index (χ4v) is 3.22. The van der Waals surface area contributed by atoms with E-state index in [1.807, 2.05) is 30.3 Å². The first-order valence-electron chi connectivity index (χ1n) is 7.74. The number of ether oxygens (including phenoxy) is 2. The van der Waals surface area contributed by atoms with Crippen LogP contribution in [0.4, 0.5) is 0 Å². The van der Waals surface area contributed by atoms with Crippen molar-refractivity contribution in [3.8, 4) is 11.5 Å². The molecule has 3 aromatic rings. The zero-order valence-corrected chi connectivity index (χ0v) is 15.5. The number of rotatable bonds is 6. The van der Waals surface area contributed by atoms with Gasteiger partial charge in [0.05, 0.1) is 25.2 Å². The molecule has 1 heterocycles. The summed E-state index contributed by atoms with van der Waals surface area (Å²) in [5, 5.41) is 4.53. The minimum atomic E-state index is 0.183. The van der Waals surface area contributed by atoms with Crippen molar-refractivity contribution in [1.29, 1.82) is 0 Å². The van der Waals surface area contributed by atoms with Crippen LogP contribution in [0.15, 0.2) is 51.4 Å². The van der Waals surface area contributed by atoms with Gasteiger partial charge in [0.15, 0.2) is 11.3 Å². The maximum Gasteiger partial charge on any atom is 0.176 e. The molecule has 0 aliphatic heterocycles. The summed E-state index contributed by atoms with van der Waals surface area (Å²) >= 11 is 3.53. The van der Waals surface area contributed by atoms with E-state index in [9.17, 15) is 0 Å². The number of fused-ring (bicyclic) bond motifs is 1. The van der Waals surface area contributed by atoms with E-state index in [1.165, 1.54) is 5.56 Å². The molecule has 1 aromatic heterocycles. The highest BCUT2D eigenvalue weighted by molar-refractivity contribution is 9.10. The molecule has 0 fully saturated rings. The average Bonchev–Trinajstić information content (AvgIpc) is 3.02. The highest BCUT2D eigenvalue weighted by Gasteiger charge is 2.11. The molecule has 2 aromatic carbocycles. The largest absolute Gasteiger partial charge is 0.496 e. The second kappa shape index (κ2) is 7.28. The van der Waals surface area contributed by atoms with Crippen molar-refractivity contribution in [2.75, 3.05) is 14.2 Å². The normalized spacial score (nSPS) is 12.3. The third-order valence-corrected chi connectivity index (χ3v) is 4.66. The second-order valence-corrected chi connectivity index (χ2v) is 6.44. The number of benzene rings is 2. The number of furan rings is 1. The second-order valence-electron chi connectivity index (χ2n) is 5.59. The monoisotopic (exact) mass is 389 g/mol. The fraction of sp³-hybridized carbons (Fsp3) is 0.263. The predicted molar refractivity (Wildman–Crippen MR) is 98.7 cm³/mol. The molecule has 0 aliphatic rings. The zero-order chi connectivity index (χ0) is 17.1. The first-order chi connectivity index (χ1) is 11.6. The van der Waals surface area contributed by atoms with E-state index in [4.69, 9.17) is 13.9 Å². The smallest absolute Gasteiger partial charge is 0.176 e. The highest BCUT2D eigenvalue weighted by atomic mass is 79.9. The number of methoxy groups -OCH3 is 2. The maximum atomic E-state index is 5.92. The molecule has 0 saturated heterocycles. The van der Waals surface area contributed by atoms with Crippen molar-refractivity contribution in [1.82, 2.24) is 5.32 Å². The van der Waals surface area contributed by atoms with Gasteiger partial charge in [-0.05, 0) is 52.7 Å². The Bertz CT molecular complexity index is 844. The van der Waals surface area contributed by atoms with E-state index >= 15 is 0 Å². The molecule has 0 saturated carbocycles. The van der Waals surface area contributed by atoms with Crippen LogP contribution >= 0.6 is 15.9 Å². The number of nitrogens with one attached hydrogen (secondary N) is 1. The first-order valence-corrected chi connectivity index (χ1v) is 8.54. The molecule has 4 nitrogen and oxygen atoms in total. The minimum Gasteiger partial charge on any atom is -0.496 e. The van der Waals surface area contributed by atoms with Crippen LogP contribution in [0.5, 0.6) is 11.5 Å². The maximum absolute atomic E-state index is 5.92. The Morgan fingerprint density at radius 1 is 1.08 bits per heavy atom. The minimum absolute atomic E-state index is 0.183. The number of para-hydroxylation sites is 1. The van der Waals surface area contributed by atoms with Crippen LogP contribution in [0.2, 0.25) is 0 Å². The van der Waals surface area contributed by atoms with Gasteiger partial charge in [-0.15, -0.1) is 0 Å². The molecular formula is C19H20BrNO3. The molecule has 5 heteroatoms. The summed E-state index contributed by atoms with van der Waals surface area (Å²) in [7, 11) is 3.32. The van der Waals surface area contributed by atoms with Gasteiger partial charge in [0, 0.05) is 11.4 Å². The average molecular weight is 390 g/mol. The number of hydrogen-bond acceptors (Lipinski definition) is 4. The molecule has 1 atom stereocenters. The summed E-state index contributed by atoms with van der Waals surface area (Å²) < 4.78 is 17.5. The topological polar surface area (TPSA) is 43.6 Å². The van der Waals surface area contributed by atoms with Crippen LogP contribution in [0.3, 0.4) is 0 Å². The standard InChI is InChI=1S/C19H20BrNO3/c1-12(13-7-8-17(22-2)16(20)10-13)21-11-15-9-14-5-4-6-18(23-3)19(14)24-15/h4-10,12,21H,11H2,1-3H3. The van der Waals surface area contributed by atoms with Crippen LogP contribution in [0.1, 0.15) is 24.3 Å². The lowest BCUT2D eigenvalue weighted by molar-refractivity contribution is 0.404. The lowest BCUT2D eigenvalue weighted by Crippen LogP contribution is -2.17. The Morgan fingerprint density at radius 3 is 2.58 bits per heavy atom. The summed E-state index contributed by atoms with van der Waals surface area (Å²) in [6, 6.07) is 14.2. The van der Waals surface area contributed by atoms with Gasteiger partial charge in [0.1, 0.15) is 11.5 Å². The molecule has 3 rings (SSSR count). The molecule has 0 radical (unpaired) electrons. The Balaban J connectivity index is 1.72. The van der Waals surface area contributed by atoms with Crippen molar-refractivity contribution in [3.63, 3.8) is 0 Å². The van der Waals surface area contributed by atoms with Crippen molar-refractivity contribution in [2.24, 2.45) is 0 Å². The van der Waals surface area contributed by atoms with Gasteiger partial charge < -0.3 is 19.2 Å². The van der Waals surface area contributed by atoms with Crippen LogP contribution in [0.25, 0.3) is 11.0 Å². The SMILES string of the molecule is COc1ccc(C(C)NCc2cc3cccc(OC)c3o2)cc1Br. The number of halogens is 1. The molecule has 1 N–H and O–H groups in total. The van der Waals surface area contributed by atoms with E-state index in [0.29, 0.717) is 6.54 Å². The van der Waals surface area contributed by atoms with Crippen LogP contribution in [-0.4, -0.2) is 14.2 Å². The fourth-order valence-electron chi connectivity index (χ4n) is 2.66. The summed E-state index contributed by atoms with van der Waals surface area (Å²) in [5.41, 5.74) is 1.97. The molecule has 126 valence electrons. The quantitative estimate of drug-likeness (QED) is 0.639. The van der Waals surface area contributed by atoms with E-state index in [-0.39, 0.29) is 6.04 Å². The van der Waals surface area contributed by atoms with Gasteiger partial charge in [0.25, 0.3) is 0 Å². The summed E-state index contributed by atoms with van der Waals surface area (Å²) in [6.45, 7) is 2.76. The highest BCUT2D eigenvalue weighted by Crippen LogP contribution is 2.30. The van der Waals surface area contributed by atoms with E-state index in [1.54, 1.807) is 14.2 Å². The van der Waals surface area contributed by atoms with Gasteiger partial charge in [0.2, 0.25) is 0 Å². The molecule has 0 spiro atoms. The van der Waals surface area contributed by atoms with Gasteiger partial charge in [-0.25, -0.2) is 0 Å². The molecule has 1 unspecified atom stereocenters. The predicted octanol–water partition coefficient (Wildman–Crippen LogP) is 5.06. The summed E-state index contributed by atoms with van der Waals surface area (Å²) in [5.74, 6) is 2.47. The Hall–Kier alpha value is -1.98. The van der Waals surface area contributed by atoms with E-state index < -0.39 is 0 Å². The van der Waals surface area contributed by atoms with Crippen molar-refractivity contribution in [3.05, 3.63) is 58.3 Å². The Labute approximate surface area is 149 Å². The lowest BCUT2D eigenvalue weighted by Gasteiger charge is -2.14. The first kappa shape index (κ1) is 16.9. The van der Waals surface area contributed by atoms with Crippen LogP contribution in [0, 0.1) is 0 Å². The van der Waals surface area contributed by atoms with Gasteiger partial charge in [-0.3, -0.25) is 0 Å². The number of hydrogen-bond donors (Lipinski definition) is 1. The molecule has 0 amide bonds. The summed E-state index contributed by atoms with van der Waals surface area (Å²) in [4.78, 5) is 0. The van der Waals surface area contributed by atoms with Crippen molar-refractivity contribution >= 4 is 26.9 Å². The van der Waals surface area contributed by atoms with Gasteiger partial charge in [-0.2, -0.15) is 0 Å². The molecule has 0 aliphatic carbocycles. The third-order valence-electron chi connectivity index (χ3n) is 4.04. The van der Waals surface area contributed by atoms with Crippen molar-refractivity contribution in [2.45, 2.75) is 19.5 Å². The molecular weight excluding hydrogens is 370 g/mol. The Kier molecular flexibility index (Phi) is 5.11. The molecule has 24 heavy (non-hydrogen) atoms. The Morgan fingerprint density at radius 2 is 1.88 bits per heavy atom. The lowest BCUT2D eigenvalue weighted by atomic mass is 10.1. The van der Waals surface area contributed by atoms with Gasteiger partial charge >= 0.3 is 0 Å². The van der Waals surface area contributed by atoms with Crippen LogP contribution < -0.4 is 14.8 Å². The van der Waals surface area contributed by atoms with E-state index in [0.717, 1.165) is 32.7 Å². The molecule has 0 bridgehead atoms. The third kappa shape index (κ3) is 3.42. The van der Waals surface area contributed by atoms with E-state index in [2.05, 4.69) is 40.3 Å². The summed E-state index contributed by atoms with van der Waals surface area (Å²) in [6.07, 6.45) is 0. The van der Waals surface area contributed by atoms with Gasteiger partial charge in [-0.1, -0.05) is 18.2 Å².